The Bertz CT molecular complexity index is 1080. The second-order valence-electron chi connectivity index (χ2n) is 10.3. The van der Waals surface area contributed by atoms with E-state index in [1.54, 1.807) is 0 Å². The van der Waals surface area contributed by atoms with Crippen molar-refractivity contribution in [2.75, 3.05) is 19.8 Å². The Morgan fingerprint density at radius 1 is 0.705 bits per heavy atom. The molecule has 3 aliphatic heterocycles. The maximum atomic E-state index is 11.8. The number of nitrogens with one attached hydrogen (secondary N) is 2. The van der Waals surface area contributed by atoms with Crippen molar-refractivity contribution in [1.82, 2.24) is 10.6 Å². The molecule has 3 saturated heterocycles. The average molecular weight is 666 g/mol. The summed E-state index contributed by atoms with van der Waals surface area (Å²) in [5.41, 5.74) is 0. The first kappa shape index (κ1) is 36.8. The molecule has 0 aliphatic carbocycles. The van der Waals surface area contributed by atoms with Crippen molar-refractivity contribution in [3.05, 3.63) is 0 Å². The quantitative estimate of drug-likeness (QED) is 0.0723. The molecule has 0 aromatic carbocycles. The van der Waals surface area contributed by atoms with Gasteiger partial charge in [0.15, 0.2) is 18.9 Å². The first-order chi connectivity index (χ1) is 20.5. The largest absolute Gasteiger partial charge is 0.726 e. The predicted molar refractivity (Wildman–Crippen MR) is 133 cm³/mol. The molecule has 10 N–H and O–H groups in total. The van der Waals surface area contributed by atoms with Gasteiger partial charge >= 0.3 is 0 Å². The van der Waals surface area contributed by atoms with Crippen molar-refractivity contribution in [3.63, 3.8) is 0 Å². The number of aliphatic hydroxyl groups excluding tert-OH is 8. The Hall–Kier alpha value is -1.71. The molecule has 2 amide bonds. The minimum Gasteiger partial charge on any atom is -0.726 e. The van der Waals surface area contributed by atoms with E-state index in [0.29, 0.717) is 0 Å². The molecule has 15 atom stereocenters. The third-order valence-corrected chi connectivity index (χ3v) is 7.52. The van der Waals surface area contributed by atoms with Crippen molar-refractivity contribution in [3.8, 4) is 0 Å². The third-order valence-electron chi connectivity index (χ3n) is 7.09. The van der Waals surface area contributed by atoms with Crippen LogP contribution in [0.1, 0.15) is 13.8 Å². The summed E-state index contributed by atoms with van der Waals surface area (Å²) < 4.78 is 64.3. The molecule has 3 heterocycles. The summed E-state index contributed by atoms with van der Waals surface area (Å²) in [6.07, 6.45) is -23.4. The van der Waals surface area contributed by atoms with Crippen LogP contribution in [0.25, 0.3) is 0 Å². The average Bonchev–Trinajstić information content (AvgIpc) is 2.93. The number of hydrogen-bond acceptors (Lipinski definition) is 19. The normalized spacial score (nSPS) is 43.3. The Labute approximate surface area is 250 Å². The molecule has 0 aromatic heterocycles. The van der Waals surface area contributed by atoms with E-state index in [9.17, 15) is 63.4 Å². The van der Waals surface area contributed by atoms with Crippen LogP contribution in [0.3, 0.4) is 0 Å². The number of rotatable bonds is 11. The van der Waals surface area contributed by atoms with Gasteiger partial charge in [0.1, 0.15) is 73.1 Å². The molecule has 0 radical (unpaired) electrons. The summed E-state index contributed by atoms with van der Waals surface area (Å²) >= 11 is 0. The molecule has 3 aliphatic rings. The van der Waals surface area contributed by atoms with Gasteiger partial charge in [0, 0.05) is 13.8 Å². The molecule has 256 valence electrons. The van der Waals surface area contributed by atoms with Gasteiger partial charge in [0.2, 0.25) is 22.2 Å². The maximum Gasteiger partial charge on any atom is 0.217 e. The molecule has 3 fully saturated rings. The first-order valence-electron chi connectivity index (χ1n) is 13.2. The maximum absolute atomic E-state index is 11.8. The summed E-state index contributed by atoms with van der Waals surface area (Å²) in [5, 5.41) is 88.0. The van der Waals surface area contributed by atoms with Crippen molar-refractivity contribution in [2.45, 2.75) is 106 Å². The smallest absolute Gasteiger partial charge is 0.217 e. The fourth-order valence-electron chi connectivity index (χ4n) is 5.00. The molecule has 21 nitrogen and oxygen atoms in total. The van der Waals surface area contributed by atoms with Gasteiger partial charge in [-0.25, -0.2) is 8.42 Å². The van der Waals surface area contributed by atoms with E-state index in [4.69, 9.17) is 23.7 Å². The van der Waals surface area contributed by atoms with E-state index < -0.39 is 134 Å². The Morgan fingerprint density at radius 3 is 1.80 bits per heavy atom. The number of ether oxygens (including phenoxy) is 5. The van der Waals surface area contributed by atoms with E-state index in [1.165, 1.54) is 0 Å². The van der Waals surface area contributed by atoms with E-state index >= 15 is 0 Å². The lowest BCUT2D eigenvalue weighted by Gasteiger charge is -2.49. The summed E-state index contributed by atoms with van der Waals surface area (Å²) in [5.74, 6) is -1.44. The minimum absolute atomic E-state index is 0.672. The summed E-state index contributed by atoms with van der Waals surface area (Å²) in [6, 6.07) is -3.09. The highest BCUT2D eigenvalue weighted by molar-refractivity contribution is 7.80. The lowest BCUT2D eigenvalue weighted by Crippen LogP contribution is -2.69. The van der Waals surface area contributed by atoms with Crippen LogP contribution >= 0.6 is 0 Å². The van der Waals surface area contributed by atoms with Gasteiger partial charge in [0.05, 0.1) is 19.8 Å². The Balaban J connectivity index is 1.87. The van der Waals surface area contributed by atoms with Crippen molar-refractivity contribution in [1.29, 1.82) is 0 Å². The molecule has 3 rings (SSSR count). The third kappa shape index (κ3) is 8.75. The van der Waals surface area contributed by atoms with Crippen molar-refractivity contribution >= 4 is 22.2 Å². The zero-order valence-electron chi connectivity index (χ0n) is 23.3. The molecule has 44 heavy (non-hydrogen) atoms. The molecular weight excluding hydrogens is 628 g/mol. The number of carbonyl (C=O) groups excluding carboxylic acids is 2. The van der Waals surface area contributed by atoms with Gasteiger partial charge in [0.25, 0.3) is 0 Å². The van der Waals surface area contributed by atoms with Crippen LogP contribution in [-0.2, 0) is 47.9 Å². The second kappa shape index (κ2) is 15.3. The molecular formula is C22H37N2O19S-. The van der Waals surface area contributed by atoms with Crippen LogP contribution in [0.15, 0.2) is 0 Å². The summed E-state index contributed by atoms with van der Waals surface area (Å²) in [6.45, 7) is -0.737. The number of hydrogen-bond donors (Lipinski definition) is 10. The van der Waals surface area contributed by atoms with Crippen LogP contribution in [-0.4, -0.2) is 177 Å². The van der Waals surface area contributed by atoms with Gasteiger partial charge in [-0.1, -0.05) is 0 Å². The SMILES string of the molecule is CC(=O)N[C@@H]1[C@@H](O)[C@H](O[C@@H]2O[C@H](CO)[C@H](O)[C@H](O[C@@H]3O[C@H](COS(=O)(=O)[O-])[C@@H](O)[C@H](O)[C@H]3NC(C)=O)[C@H]2O)[C@@H](CO)O[C@H]1O. The highest BCUT2D eigenvalue weighted by atomic mass is 32.3. The van der Waals surface area contributed by atoms with Crippen LogP contribution in [0.2, 0.25) is 0 Å². The van der Waals surface area contributed by atoms with Gasteiger partial charge in [-0.2, -0.15) is 0 Å². The van der Waals surface area contributed by atoms with Gasteiger partial charge in [-0.05, 0) is 0 Å². The molecule has 0 unspecified atom stereocenters. The Kier molecular flexibility index (Phi) is 12.7. The standard InChI is InChI=1S/C22H38N2O19S/c1-6(27)23-11-16(32)18(9(4-26)39-20(11)34)42-22-17(33)19(14(30)8(3-25)40-22)43-21-12(24-7(2)28)15(31)13(29)10(41-21)5-38-44(35,36)37/h8-22,25-26,29-34H,3-5H2,1-2H3,(H,23,27)(H,24,28)(H,35,36,37)/p-1/t8-,9-,10-,11-,12-,13-,14+,15-,16-,17-,18-,19+,20-,21+,22+/m1/s1. The molecule has 22 heteroatoms. The van der Waals surface area contributed by atoms with E-state index in [2.05, 4.69) is 14.8 Å². The minimum atomic E-state index is -5.28. The second-order valence-corrected chi connectivity index (χ2v) is 11.4. The molecule has 0 aromatic rings. The molecule has 0 saturated carbocycles. The fourth-order valence-corrected chi connectivity index (χ4v) is 5.30. The lowest BCUT2D eigenvalue weighted by atomic mass is 9.94. The van der Waals surface area contributed by atoms with E-state index in [1.807, 2.05) is 0 Å². The molecule has 0 spiro atoms. The lowest BCUT2D eigenvalue weighted by molar-refractivity contribution is -0.367. The van der Waals surface area contributed by atoms with Crippen LogP contribution in [0.5, 0.6) is 0 Å². The van der Waals surface area contributed by atoms with Gasteiger partial charge < -0.3 is 79.7 Å². The van der Waals surface area contributed by atoms with Gasteiger partial charge in [-0.15, -0.1) is 0 Å². The molecule has 0 bridgehead atoms. The van der Waals surface area contributed by atoms with E-state index in [0.717, 1.165) is 13.8 Å². The zero-order valence-corrected chi connectivity index (χ0v) is 24.1. The van der Waals surface area contributed by atoms with Crippen LogP contribution in [0, 0.1) is 0 Å². The first-order valence-corrected chi connectivity index (χ1v) is 14.5. The summed E-state index contributed by atoms with van der Waals surface area (Å²) in [7, 11) is -5.28. The van der Waals surface area contributed by atoms with E-state index in [-0.39, 0.29) is 0 Å². The number of aliphatic hydroxyl groups is 8. The van der Waals surface area contributed by atoms with Crippen LogP contribution in [0.4, 0.5) is 0 Å². The topological polar surface area (TPSA) is 333 Å². The summed E-state index contributed by atoms with van der Waals surface area (Å²) in [4.78, 5) is 23.4. The number of carbonyl (C=O) groups is 2. The fraction of sp³-hybridized carbons (Fsp3) is 0.909. The van der Waals surface area contributed by atoms with Crippen molar-refractivity contribution < 1.29 is 91.3 Å². The zero-order chi connectivity index (χ0) is 33.1. The van der Waals surface area contributed by atoms with Gasteiger partial charge in [-0.3, -0.25) is 13.8 Å². The monoisotopic (exact) mass is 665 g/mol. The highest BCUT2D eigenvalue weighted by Crippen LogP contribution is 2.32. The highest BCUT2D eigenvalue weighted by Gasteiger charge is 2.54. The number of amides is 2. The Morgan fingerprint density at radius 2 is 1.25 bits per heavy atom. The van der Waals surface area contributed by atoms with Crippen molar-refractivity contribution in [2.24, 2.45) is 0 Å². The van der Waals surface area contributed by atoms with Crippen LogP contribution < -0.4 is 10.6 Å². The predicted octanol–water partition coefficient (Wildman–Crippen LogP) is -7.80.